The highest BCUT2D eigenvalue weighted by Gasteiger charge is 2.18. The summed E-state index contributed by atoms with van der Waals surface area (Å²) in [6.45, 7) is -0.383. The molecular formula is C25H21NO5. The van der Waals surface area contributed by atoms with E-state index in [1.807, 2.05) is 60.7 Å². The van der Waals surface area contributed by atoms with Crippen LogP contribution in [0.15, 0.2) is 89.5 Å². The molecule has 0 radical (unpaired) electrons. The molecule has 0 atom stereocenters. The van der Waals surface area contributed by atoms with Gasteiger partial charge >= 0.3 is 5.97 Å². The molecule has 6 heteroatoms. The summed E-state index contributed by atoms with van der Waals surface area (Å²) >= 11 is 0. The van der Waals surface area contributed by atoms with Gasteiger partial charge in [0.1, 0.15) is 11.3 Å². The van der Waals surface area contributed by atoms with E-state index in [0.29, 0.717) is 16.5 Å². The number of furan rings is 1. The van der Waals surface area contributed by atoms with Gasteiger partial charge in [0.15, 0.2) is 6.61 Å². The maximum atomic E-state index is 12.5. The van der Waals surface area contributed by atoms with Gasteiger partial charge in [-0.2, -0.15) is 0 Å². The van der Waals surface area contributed by atoms with Crippen LogP contribution in [-0.2, 0) is 20.7 Å². The topological polar surface area (TPSA) is 88.8 Å². The molecule has 0 saturated carbocycles. The first-order valence-electron chi connectivity index (χ1n) is 9.84. The van der Waals surface area contributed by atoms with Crippen molar-refractivity contribution in [1.82, 2.24) is 5.32 Å². The van der Waals surface area contributed by atoms with E-state index in [9.17, 15) is 14.7 Å². The third-order valence-electron chi connectivity index (χ3n) is 4.91. The van der Waals surface area contributed by atoms with E-state index in [-0.39, 0.29) is 24.8 Å². The second-order valence-electron chi connectivity index (χ2n) is 7.10. The monoisotopic (exact) mass is 415 g/mol. The van der Waals surface area contributed by atoms with Crippen molar-refractivity contribution < 1.29 is 23.8 Å². The Bertz CT molecular complexity index is 1150. The fourth-order valence-corrected chi connectivity index (χ4v) is 3.41. The highest BCUT2D eigenvalue weighted by atomic mass is 16.5. The second-order valence-corrected chi connectivity index (χ2v) is 7.10. The standard InChI is InChI=1S/C25H21NO5/c27-20-11-12-21-19(15-30-22(21)14-20)13-24(29)31-16-23(28)26-25(17-7-3-1-4-8-17)18-9-5-2-6-10-18/h1-12,14-15,25,27H,13,16H2,(H,26,28). The van der Waals surface area contributed by atoms with E-state index in [1.165, 1.54) is 18.4 Å². The number of hydrogen-bond acceptors (Lipinski definition) is 5. The van der Waals surface area contributed by atoms with Gasteiger partial charge in [-0.1, -0.05) is 60.7 Å². The van der Waals surface area contributed by atoms with Crippen molar-refractivity contribution >= 4 is 22.8 Å². The molecule has 0 spiro atoms. The van der Waals surface area contributed by atoms with Gasteiger partial charge in [0.2, 0.25) is 0 Å². The first-order valence-corrected chi connectivity index (χ1v) is 9.84. The molecule has 1 amide bonds. The van der Waals surface area contributed by atoms with Crippen LogP contribution in [0.1, 0.15) is 22.7 Å². The molecule has 0 aliphatic heterocycles. The molecule has 4 rings (SSSR count). The van der Waals surface area contributed by atoms with Gasteiger partial charge in [-0.15, -0.1) is 0 Å². The van der Waals surface area contributed by atoms with Crippen molar-refractivity contribution in [2.45, 2.75) is 12.5 Å². The SMILES string of the molecule is O=C(COC(=O)Cc1coc2cc(O)ccc12)NC(c1ccccc1)c1ccccc1. The highest BCUT2D eigenvalue weighted by Crippen LogP contribution is 2.25. The maximum Gasteiger partial charge on any atom is 0.310 e. The van der Waals surface area contributed by atoms with Gasteiger partial charge in [-0.05, 0) is 23.3 Å². The van der Waals surface area contributed by atoms with E-state index in [1.54, 1.807) is 6.07 Å². The van der Waals surface area contributed by atoms with Crippen LogP contribution in [0.2, 0.25) is 0 Å². The minimum absolute atomic E-state index is 0.0359. The van der Waals surface area contributed by atoms with Gasteiger partial charge in [0.05, 0.1) is 18.7 Å². The first-order chi connectivity index (χ1) is 15.1. The molecule has 0 aliphatic carbocycles. The summed E-state index contributed by atoms with van der Waals surface area (Å²) in [4.78, 5) is 24.8. The molecule has 0 saturated heterocycles. The zero-order chi connectivity index (χ0) is 21.6. The number of esters is 1. The lowest BCUT2D eigenvalue weighted by Gasteiger charge is -2.20. The van der Waals surface area contributed by atoms with E-state index in [0.717, 1.165) is 11.1 Å². The van der Waals surface area contributed by atoms with Crippen LogP contribution in [0.3, 0.4) is 0 Å². The number of amides is 1. The lowest BCUT2D eigenvalue weighted by molar-refractivity contribution is -0.148. The number of rotatable bonds is 7. The van der Waals surface area contributed by atoms with Crippen LogP contribution in [0.25, 0.3) is 11.0 Å². The summed E-state index contributed by atoms with van der Waals surface area (Å²) in [5.41, 5.74) is 2.98. The Balaban J connectivity index is 1.38. The van der Waals surface area contributed by atoms with Crippen LogP contribution >= 0.6 is 0 Å². The van der Waals surface area contributed by atoms with Crippen molar-refractivity contribution in [3.8, 4) is 5.75 Å². The van der Waals surface area contributed by atoms with Gasteiger partial charge in [0.25, 0.3) is 5.91 Å². The number of carbonyl (C=O) groups excluding carboxylic acids is 2. The molecule has 0 bridgehead atoms. The van der Waals surface area contributed by atoms with Gasteiger partial charge in [-0.25, -0.2) is 0 Å². The molecule has 156 valence electrons. The number of ether oxygens (including phenoxy) is 1. The van der Waals surface area contributed by atoms with Crippen LogP contribution < -0.4 is 5.32 Å². The summed E-state index contributed by atoms with van der Waals surface area (Å²) in [6.07, 6.45) is 1.41. The Morgan fingerprint density at radius 1 is 0.935 bits per heavy atom. The lowest BCUT2D eigenvalue weighted by Crippen LogP contribution is -2.33. The Kier molecular flexibility index (Phi) is 5.98. The Morgan fingerprint density at radius 2 is 1.58 bits per heavy atom. The molecule has 0 fully saturated rings. The summed E-state index contributed by atoms with van der Waals surface area (Å²) in [5, 5.41) is 13.2. The molecular weight excluding hydrogens is 394 g/mol. The van der Waals surface area contributed by atoms with Crippen molar-refractivity contribution in [2.75, 3.05) is 6.61 Å². The van der Waals surface area contributed by atoms with E-state index in [4.69, 9.17) is 9.15 Å². The third kappa shape index (κ3) is 4.93. The molecule has 3 aromatic carbocycles. The van der Waals surface area contributed by atoms with Crippen molar-refractivity contribution in [1.29, 1.82) is 0 Å². The molecule has 1 aromatic heterocycles. The van der Waals surface area contributed by atoms with Gasteiger partial charge < -0.3 is 19.6 Å². The molecule has 31 heavy (non-hydrogen) atoms. The fraction of sp³-hybridized carbons (Fsp3) is 0.120. The minimum atomic E-state index is -0.540. The number of benzene rings is 3. The summed E-state index contributed by atoms with van der Waals surface area (Å²) in [5.74, 6) is -0.853. The molecule has 0 aliphatic rings. The quantitative estimate of drug-likeness (QED) is 0.443. The Labute approximate surface area is 179 Å². The smallest absolute Gasteiger partial charge is 0.310 e. The third-order valence-corrected chi connectivity index (χ3v) is 4.91. The van der Waals surface area contributed by atoms with E-state index < -0.39 is 11.9 Å². The second kappa shape index (κ2) is 9.17. The minimum Gasteiger partial charge on any atom is -0.508 e. The zero-order valence-corrected chi connectivity index (χ0v) is 16.7. The Morgan fingerprint density at radius 3 is 2.23 bits per heavy atom. The number of nitrogens with one attached hydrogen (secondary N) is 1. The molecule has 0 unspecified atom stereocenters. The molecule has 2 N–H and O–H groups in total. The summed E-state index contributed by atoms with van der Waals surface area (Å²) in [6, 6.07) is 23.5. The number of aromatic hydroxyl groups is 1. The summed E-state index contributed by atoms with van der Waals surface area (Å²) < 4.78 is 10.5. The van der Waals surface area contributed by atoms with Crippen molar-refractivity contribution in [3.05, 3.63) is 102 Å². The molecule has 4 aromatic rings. The number of fused-ring (bicyclic) bond motifs is 1. The Hall–Kier alpha value is -4.06. The van der Waals surface area contributed by atoms with Crippen molar-refractivity contribution in [3.63, 3.8) is 0 Å². The van der Waals surface area contributed by atoms with Crippen molar-refractivity contribution in [2.24, 2.45) is 0 Å². The number of carbonyl (C=O) groups is 2. The predicted octanol–water partition coefficient (Wildman–Crippen LogP) is 4.13. The molecule has 6 nitrogen and oxygen atoms in total. The van der Waals surface area contributed by atoms with Crippen LogP contribution in [0, 0.1) is 0 Å². The van der Waals surface area contributed by atoms with Gasteiger partial charge in [0, 0.05) is 17.0 Å². The largest absolute Gasteiger partial charge is 0.508 e. The first kappa shape index (κ1) is 20.2. The average molecular weight is 415 g/mol. The number of phenols is 1. The van der Waals surface area contributed by atoms with Gasteiger partial charge in [-0.3, -0.25) is 9.59 Å². The lowest BCUT2D eigenvalue weighted by atomic mass is 9.99. The van der Waals surface area contributed by atoms with E-state index >= 15 is 0 Å². The van der Waals surface area contributed by atoms with Crippen LogP contribution in [0.5, 0.6) is 5.75 Å². The number of phenolic OH excluding ortho intramolecular Hbond substituents is 1. The van der Waals surface area contributed by atoms with E-state index in [2.05, 4.69) is 5.32 Å². The van der Waals surface area contributed by atoms with Crippen LogP contribution in [0.4, 0.5) is 0 Å². The average Bonchev–Trinajstić information content (AvgIpc) is 3.18. The predicted molar refractivity (Wildman–Crippen MR) is 115 cm³/mol. The maximum absolute atomic E-state index is 12.5. The normalized spacial score (nSPS) is 10.9. The fourth-order valence-electron chi connectivity index (χ4n) is 3.41. The van der Waals surface area contributed by atoms with Crippen LogP contribution in [-0.4, -0.2) is 23.6 Å². The highest BCUT2D eigenvalue weighted by molar-refractivity contribution is 5.87. The summed E-state index contributed by atoms with van der Waals surface area (Å²) in [7, 11) is 0. The number of hydrogen-bond donors (Lipinski definition) is 2. The zero-order valence-electron chi connectivity index (χ0n) is 16.7. The molecule has 1 heterocycles.